The van der Waals surface area contributed by atoms with Crippen LogP contribution in [0.3, 0.4) is 0 Å². The van der Waals surface area contributed by atoms with Crippen LogP contribution in [0.4, 0.5) is 5.13 Å². The maximum Gasteiger partial charge on any atom is 0.347 e. The van der Waals surface area contributed by atoms with Gasteiger partial charge in [-0.15, -0.1) is 0 Å². The monoisotopic (exact) mass is 292 g/mol. The minimum atomic E-state index is -0.796. The van der Waals surface area contributed by atoms with Gasteiger partial charge in [0.05, 0.1) is 5.69 Å². The van der Waals surface area contributed by atoms with Crippen LogP contribution in [0.2, 0.25) is 0 Å². The summed E-state index contributed by atoms with van der Waals surface area (Å²) in [5, 5.41) is 10.4. The normalized spacial score (nSPS) is 29.5. The van der Waals surface area contributed by atoms with E-state index in [-0.39, 0.29) is 0 Å². The fraction of sp³-hybridized carbons (Fsp3) is 0.733. The van der Waals surface area contributed by atoms with Gasteiger partial charge in [0.1, 0.15) is 4.88 Å². The van der Waals surface area contributed by atoms with Gasteiger partial charge in [-0.25, -0.2) is 9.78 Å². The second-order valence-corrected chi connectivity index (χ2v) is 7.36. The Morgan fingerprint density at radius 3 is 2.75 bits per heavy atom. The molecule has 3 fully saturated rings. The van der Waals surface area contributed by atoms with Crippen LogP contribution in [-0.2, 0) is 0 Å². The number of carbonyl (C=O) groups is 1. The molecule has 1 aromatic heterocycles. The highest BCUT2D eigenvalue weighted by Gasteiger charge is 2.39. The Bertz CT molecular complexity index is 538. The molecule has 1 aromatic rings. The molecular formula is C15H20N2O2S. The van der Waals surface area contributed by atoms with Gasteiger partial charge >= 0.3 is 5.97 Å². The molecule has 1 aliphatic heterocycles. The molecular weight excluding hydrogens is 272 g/mol. The zero-order valence-electron chi connectivity index (χ0n) is 11.5. The van der Waals surface area contributed by atoms with Crippen molar-refractivity contribution >= 4 is 22.4 Å². The summed E-state index contributed by atoms with van der Waals surface area (Å²) in [5.41, 5.74) is 0.858. The molecule has 2 saturated carbocycles. The van der Waals surface area contributed by atoms with E-state index in [9.17, 15) is 9.90 Å². The average molecular weight is 292 g/mol. The van der Waals surface area contributed by atoms with Crippen LogP contribution >= 0.6 is 11.3 Å². The van der Waals surface area contributed by atoms with Gasteiger partial charge in [-0.1, -0.05) is 24.2 Å². The summed E-state index contributed by atoms with van der Waals surface area (Å²) >= 11 is 1.40. The zero-order valence-corrected chi connectivity index (χ0v) is 12.4. The Labute approximate surface area is 122 Å². The smallest absolute Gasteiger partial charge is 0.347 e. The van der Waals surface area contributed by atoms with Crippen molar-refractivity contribution in [3.05, 3.63) is 10.6 Å². The first-order chi connectivity index (χ1) is 9.74. The van der Waals surface area contributed by atoms with Crippen LogP contribution < -0.4 is 4.90 Å². The minimum Gasteiger partial charge on any atom is -0.477 e. The van der Waals surface area contributed by atoms with Gasteiger partial charge in [-0.2, -0.15) is 0 Å². The van der Waals surface area contributed by atoms with Gasteiger partial charge in [-0.05, 0) is 38.0 Å². The topological polar surface area (TPSA) is 53.4 Å². The van der Waals surface area contributed by atoms with E-state index < -0.39 is 5.97 Å². The van der Waals surface area contributed by atoms with Crippen molar-refractivity contribution < 1.29 is 9.90 Å². The lowest BCUT2D eigenvalue weighted by Gasteiger charge is -2.31. The summed E-state index contributed by atoms with van der Waals surface area (Å²) < 4.78 is 0. The van der Waals surface area contributed by atoms with E-state index in [4.69, 9.17) is 4.98 Å². The van der Waals surface area contributed by atoms with Gasteiger partial charge in [0, 0.05) is 18.5 Å². The molecule has 3 aliphatic rings. The van der Waals surface area contributed by atoms with Crippen molar-refractivity contribution in [3.8, 4) is 0 Å². The fourth-order valence-electron chi connectivity index (χ4n) is 3.87. The molecule has 0 aromatic carbocycles. The minimum absolute atomic E-state index is 0.413. The van der Waals surface area contributed by atoms with Gasteiger partial charge < -0.3 is 10.0 Å². The Kier molecular flexibility index (Phi) is 2.98. The number of carboxylic acid groups (broad SMARTS) is 1. The first-order valence-electron chi connectivity index (χ1n) is 7.74. The molecule has 2 heterocycles. The van der Waals surface area contributed by atoms with Crippen molar-refractivity contribution in [2.24, 2.45) is 5.92 Å². The molecule has 4 nitrogen and oxygen atoms in total. The number of thiazole rings is 1. The van der Waals surface area contributed by atoms with E-state index in [1.54, 1.807) is 0 Å². The van der Waals surface area contributed by atoms with Crippen molar-refractivity contribution in [1.29, 1.82) is 0 Å². The van der Waals surface area contributed by atoms with Crippen LogP contribution in [0.25, 0.3) is 0 Å². The maximum atomic E-state index is 11.4. The third-order valence-electron chi connectivity index (χ3n) is 5.06. The summed E-state index contributed by atoms with van der Waals surface area (Å²) in [5.74, 6) is 0.427. The molecule has 0 bridgehead atoms. The lowest BCUT2D eigenvalue weighted by Crippen LogP contribution is -2.34. The number of nitrogens with zero attached hydrogens (tertiary/aromatic N) is 2. The second kappa shape index (κ2) is 4.72. The maximum absolute atomic E-state index is 11.4. The van der Waals surface area contributed by atoms with Crippen molar-refractivity contribution in [3.63, 3.8) is 0 Å². The molecule has 4 rings (SSSR count). The largest absolute Gasteiger partial charge is 0.477 e. The lowest BCUT2D eigenvalue weighted by molar-refractivity contribution is 0.0700. The summed E-state index contributed by atoms with van der Waals surface area (Å²) in [6.07, 6.45) is 8.74. The first kappa shape index (κ1) is 12.6. The fourth-order valence-corrected chi connectivity index (χ4v) is 4.95. The SMILES string of the molecule is O=C(O)c1sc(N2CCC3CCCCC32)nc1C1CC1. The molecule has 2 unspecified atom stereocenters. The zero-order chi connectivity index (χ0) is 13.7. The summed E-state index contributed by atoms with van der Waals surface area (Å²) in [6.45, 7) is 1.06. The van der Waals surface area contributed by atoms with E-state index >= 15 is 0 Å². The molecule has 2 atom stereocenters. The Morgan fingerprint density at radius 2 is 2.00 bits per heavy atom. The average Bonchev–Trinajstić information content (AvgIpc) is 3.05. The molecule has 0 spiro atoms. The van der Waals surface area contributed by atoms with Gasteiger partial charge in [0.25, 0.3) is 0 Å². The van der Waals surface area contributed by atoms with E-state index in [0.717, 1.165) is 36.1 Å². The number of carboxylic acids is 1. The van der Waals surface area contributed by atoms with E-state index in [1.165, 1.54) is 43.4 Å². The number of aromatic nitrogens is 1. The number of rotatable bonds is 3. The molecule has 1 N–H and O–H groups in total. The number of anilines is 1. The summed E-state index contributed by atoms with van der Waals surface area (Å²) in [4.78, 5) is 19.0. The van der Waals surface area contributed by atoms with Crippen LogP contribution in [0, 0.1) is 5.92 Å². The van der Waals surface area contributed by atoms with Crippen LogP contribution in [0.1, 0.15) is 66.2 Å². The molecule has 2 aliphatic carbocycles. The van der Waals surface area contributed by atoms with Gasteiger partial charge in [-0.3, -0.25) is 0 Å². The molecule has 0 amide bonds. The summed E-state index contributed by atoms with van der Waals surface area (Å²) in [6, 6.07) is 0.614. The predicted molar refractivity (Wildman–Crippen MR) is 78.8 cm³/mol. The second-order valence-electron chi connectivity index (χ2n) is 6.38. The Hall–Kier alpha value is -1.10. The highest BCUT2D eigenvalue weighted by atomic mass is 32.1. The van der Waals surface area contributed by atoms with E-state index in [1.807, 2.05) is 0 Å². The molecule has 1 saturated heterocycles. The predicted octanol–water partition coefficient (Wildman–Crippen LogP) is 3.49. The molecule has 5 heteroatoms. The van der Waals surface area contributed by atoms with E-state index in [0.29, 0.717) is 16.8 Å². The van der Waals surface area contributed by atoms with Crippen molar-refractivity contribution in [2.75, 3.05) is 11.4 Å². The first-order valence-corrected chi connectivity index (χ1v) is 8.56. The number of fused-ring (bicyclic) bond motifs is 1. The van der Waals surface area contributed by atoms with Crippen LogP contribution in [0.5, 0.6) is 0 Å². The van der Waals surface area contributed by atoms with Crippen LogP contribution in [0.15, 0.2) is 0 Å². The van der Waals surface area contributed by atoms with Gasteiger partial charge in [0.2, 0.25) is 0 Å². The highest BCUT2D eigenvalue weighted by Crippen LogP contribution is 2.46. The van der Waals surface area contributed by atoms with E-state index in [2.05, 4.69) is 4.90 Å². The quantitative estimate of drug-likeness (QED) is 0.926. The van der Waals surface area contributed by atoms with Crippen molar-refractivity contribution in [1.82, 2.24) is 4.98 Å². The van der Waals surface area contributed by atoms with Crippen LogP contribution in [-0.4, -0.2) is 28.6 Å². The van der Waals surface area contributed by atoms with Crippen molar-refractivity contribution in [2.45, 2.75) is 56.9 Å². The number of aromatic carboxylic acids is 1. The Morgan fingerprint density at radius 1 is 1.20 bits per heavy atom. The third kappa shape index (κ3) is 2.03. The third-order valence-corrected chi connectivity index (χ3v) is 6.15. The number of hydrogen-bond acceptors (Lipinski definition) is 4. The highest BCUT2D eigenvalue weighted by molar-refractivity contribution is 7.17. The number of hydrogen-bond donors (Lipinski definition) is 1. The summed E-state index contributed by atoms with van der Waals surface area (Å²) in [7, 11) is 0. The molecule has 0 radical (unpaired) electrons. The molecule has 108 valence electrons. The van der Waals surface area contributed by atoms with Gasteiger partial charge in [0.15, 0.2) is 5.13 Å². The lowest BCUT2D eigenvalue weighted by atomic mass is 9.85. The standard InChI is InChI=1S/C15H20N2O2S/c18-14(19)13-12(10-5-6-10)16-15(20-13)17-8-7-9-3-1-2-4-11(9)17/h9-11H,1-8H2,(H,18,19). The molecule has 20 heavy (non-hydrogen) atoms. The Balaban J connectivity index is 1.65.